The van der Waals surface area contributed by atoms with Crippen molar-refractivity contribution >= 4 is 5.91 Å². The van der Waals surface area contributed by atoms with Gasteiger partial charge in [-0.3, -0.25) is 4.79 Å². The lowest BCUT2D eigenvalue weighted by molar-refractivity contribution is -0.290. The first-order valence-corrected chi connectivity index (χ1v) is 21.3. The molecular formula is C43H76N2O9. The molecule has 0 unspecified atom stereocenters. The first-order valence-electron chi connectivity index (χ1n) is 21.3. The second-order valence-corrected chi connectivity index (χ2v) is 15.9. The Morgan fingerprint density at radius 1 is 0.815 bits per heavy atom. The highest BCUT2D eigenvalue weighted by molar-refractivity contribution is 5.76. The Bertz CT molecular complexity index is 1120. The maximum absolute atomic E-state index is 13.1. The summed E-state index contributed by atoms with van der Waals surface area (Å²) in [6, 6.07) is 6.73. The second kappa shape index (κ2) is 26.2. The third kappa shape index (κ3) is 16.7. The van der Waals surface area contributed by atoms with Gasteiger partial charge in [0, 0.05) is 13.0 Å². The summed E-state index contributed by atoms with van der Waals surface area (Å²) in [6.07, 6.45) is 15.1. The molecule has 1 amide bonds. The topological polar surface area (TPSA) is 151 Å². The molecule has 0 radical (unpaired) electrons. The van der Waals surface area contributed by atoms with Crippen LogP contribution in [0.5, 0.6) is 5.75 Å². The lowest BCUT2D eigenvalue weighted by Crippen LogP contribution is -2.60. The molecule has 2 aliphatic heterocycles. The molecule has 1 aromatic rings. The summed E-state index contributed by atoms with van der Waals surface area (Å²) >= 11 is 0. The van der Waals surface area contributed by atoms with Gasteiger partial charge in [0.25, 0.3) is 0 Å². The first kappa shape index (κ1) is 46.6. The molecule has 0 bridgehead atoms. The molecule has 54 heavy (non-hydrogen) atoms. The van der Waals surface area contributed by atoms with Crippen molar-refractivity contribution in [3.05, 3.63) is 29.8 Å². The Morgan fingerprint density at radius 2 is 1.37 bits per heavy atom. The molecule has 3 rings (SSSR count). The molecule has 1 aromatic carbocycles. The van der Waals surface area contributed by atoms with Crippen LogP contribution in [0, 0.1) is 0 Å². The van der Waals surface area contributed by atoms with Crippen LogP contribution >= 0.6 is 0 Å². The molecule has 2 saturated heterocycles. The number of aliphatic hydroxyl groups is 2. The molecule has 312 valence electrons. The van der Waals surface area contributed by atoms with Crippen LogP contribution in [-0.4, -0.2) is 91.1 Å². The van der Waals surface area contributed by atoms with Crippen molar-refractivity contribution in [2.45, 2.75) is 211 Å². The van der Waals surface area contributed by atoms with Crippen LogP contribution in [0.2, 0.25) is 0 Å². The standard InChI is InChI=1S/C43H76N2O9/c1-6-8-10-12-13-14-15-16-17-18-20-21-23-35(46)38(48)34(45-37(47)24-22-19-11-9-7-2)31-51-42-41(50-30-32-25-27-33(49-5)28-26-32)40-39(36(29-44)52-42)53-43(3,4)54-40/h25-28,34-36,38-42,46,48H,6-24,29-31,44H2,1-5H3,(H,45,47)/t34-,35+,36+,38-,39-,40-,41+,42-/m0/s1. The summed E-state index contributed by atoms with van der Waals surface area (Å²) in [5, 5.41) is 25.6. The quantitative estimate of drug-likeness (QED) is 0.0582. The van der Waals surface area contributed by atoms with E-state index >= 15 is 0 Å². The predicted octanol–water partition coefficient (Wildman–Crippen LogP) is 7.46. The van der Waals surface area contributed by atoms with Gasteiger partial charge in [0.05, 0.1) is 32.5 Å². The molecule has 0 aliphatic carbocycles. The number of aliphatic hydroxyl groups excluding tert-OH is 2. The Morgan fingerprint density at radius 3 is 1.94 bits per heavy atom. The van der Waals surface area contributed by atoms with E-state index in [1.54, 1.807) is 7.11 Å². The molecule has 8 atom stereocenters. The first-order chi connectivity index (χ1) is 26.1. The van der Waals surface area contributed by atoms with Gasteiger partial charge in [-0.1, -0.05) is 129 Å². The Labute approximate surface area is 326 Å². The number of methoxy groups -OCH3 is 1. The molecule has 2 fully saturated rings. The molecule has 0 saturated carbocycles. The van der Waals surface area contributed by atoms with Crippen LogP contribution in [0.25, 0.3) is 0 Å². The molecule has 5 N–H and O–H groups in total. The molecule has 0 aromatic heterocycles. The number of rotatable bonds is 30. The van der Waals surface area contributed by atoms with Gasteiger partial charge in [-0.15, -0.1) is 0 Å². The zero-order valence-electron chi connectivity index (χ0n) is 34.3. The van der Waals surface area contributed by atoms with E-state index in [1.165, 1.54) is 57.8 Å². The zero-order valence-corrected chi connectivity index (χ0v) is 34.3. The SMILES string of the molecule is CCCCCCCCCCCCCC[C@@H](O)[C@@H](O)[C@H](CO[C@H]1O[C@H](CN)[C@@H]2OC(C)(C)O[C@@H]2[C@H]1OCc1ccc(OC)cc1)NC(=O)CCCCCCC. The Kier molecular flexibility index (Phi) is 22.5. The number of amides is 1. The third-order valence-electron chi connectivity index (χ3n) is 10.7. The zero-order chi connectivity index (χ0) is 39.2. The van der Waals surface area contributed by atoms with E-state index in [4.69, 9.17) is 34.2 Å². The fraction of sp³-hybridized carbons (Fsp3) is 0.837. The minimum atomic E-state index is -1.23. The van der Waals surface area contributed by atoms with Crippen LogP contribution in [0.3, 0.4) is 0 Å². The third-order valence-corrected chi connectivity index (χ3v) is 10.7. The van der Waals surface area contributed by atoms with Gasteiger partial charge in [0.1, 0.15) is 36.3 Å². The summed E-state index contributed by atoms with van der Waals surface area (Å²) < 4.78 is 37.1. The minimum Gasteiger partial charge on any atom is -0.497 e. The van der Waals surface area contributed by atoms with Crippen LogP contribution in [0.15, 0.2) is 24.3 Å². The van der Waals surface area contributed by atoms with Crippen molar-refractivity contribution in [3.8, 4) is 5.75 Å². The number of carbonyl (C=O) groups excluding carboxylic acids is 1. The summed E-state index contributed by atoms with van der Waals surface area (Å²) in [6.45, 7) is 8.41. The van der Waals surface area contributed by atoms with Crippen molar-refractivity contribution in [1.82, 2.24) is 5.32 Å². The van der Waals surface area contributed by atoms with E-state index in [-0.39, 0.29) is 25.7 Å². The van der Waals surface area contributed by atoms with Crippen LogP contribution in [0.4, 0.5) is 0 Å². The lowest BCUT2D eigenvalue weighted by atomic mass is 9.98. The Hall–Kier alpha value is -1.83. The molecule has 2 heterocycles. The van der Waals surface area contributed by atoms with Gasteiger partial charge in [-0.2, -0.15) is 0 Å². The number of hydrogen-bond donors (Lipinski definition) is 4. The van der Waals surface area contributed by atoms with Crippen molar-refractivity contribution in [2.24, 2.45) is 5.73 Å². The number of carbonyl (C=O) groups is 1. The van der Waals surface area contributed by atoms with Crippen molar-refractivity contribution < 1.29 is 43.4 Å². The molecular weight excluding hydrogens is 688 g/mol. The average molecular weight is 765 g/mol. The highest BCUT2D eigenvalue weighted by Gasteiger charge is 2.56. The maximum Gasteiger partial charge on any atom is 0.220 e. The normalized spacial score (nSPS) is 23.8. The highest BCUT2D eigenvalue weighted by atomic mass is 16.8. The number of hydrogen-bond acceptors (Lipinski definition) is 10. The number of ether oxygens (including phenoxy) is 6. The fourth-order valence-electron chi connectivity index (χ4n) is 7.48. The average Bonchev–Trinajstić information content (AvgIpc) is 3.50. The van der Waals surface area contributed by atoms with Gasteiger partial charge < -0.3 is 49.7 Å². The lowest BCUT2D eigenvalue weighted by Gasteiger charge is -2.42. The number of nitrogens with one attached hydrogen (secondary N) is 1. The number of nitrogens with two attached hydrogens (primary N) is 1. The van der Waals surface area contributed by atoms with Gasteiger partial charge in [0.2, 0.25) is 5.91 Å². The molecule has 0 spiro atoms. The van der Waals surface area contributed by atoms with E-state index in [0.717, 1.165) is 62.7 Å². The molecule has 11 nitrogen and oxygen atoms in total. The van der Waals surface area contributed by atoms with Crippen molar-refractivity contribution in [2.75, 3.05) is 20.3 Å². The van der Waals surface area contributed by atoms with E-state index in [1.807, 2.05) is 38.1 Å². The van der Waals surface area contributed by atoms with Crippen molar-refractivity contribution in [3.63, 3.8) is 0 Å². The Balaban J connectivity index is 1.61. The number of benzene rings is 1. The number of unbranched alkanes of at least 4 members (excludes halogenated alkanes) is 15. The van der Waals surface area contributed by atoms with Gasteiger partial charge in [-0.25, -0.2) is 0 Å². The highest BCUT2D eigenvalue weighted by Crippen LogP contribution is 2.39. The van der Waals surface area contributed by atoms with Gasteiger partial charge in [0.15, 0.2) is 12.1 Å². The van der Waals surface area contributed by atoms with E-state index in [2.05, 4.69) is 19.2 Å². The predicted molar refractivity (Wildman–Crippen MR) is 212 cm³/mol. The van der Waals surface area contributed by atoms with Crippen LogP contribution in [0.1, 0.15) is 155 Å². The summed E-state index contributed by atoms with van der Waals surface area (Å²) in [7, 11) is 1.62. The van der Waals surface area contributed by atoms with Crippen LogP contribution < -0.4 is 15.8 Å². The monoisotopic (exact) mass is 765 g/mol. The fourth-order valence-corrected chi connectivity index (χ4v) is 7.48. The van der Waals surface area contributed by atoms with Gasteiger partial charge in [-0.05, 0) is 44.4 Å². The van der Waals surface area contributed by atoms with E-state index < -0.39 is 54.7 Å². The van der Waals surface area contributed by atoms with Gasteiger partial charge >= 0.3 is 0 Å². The van der Waals surface area contributed by atoms with E-state index in [9.17, 15) is 15.0 Å². The molecule has 11 heteroatoms. The maximum atomic E-state index is 13.1. The second-order valence-electron chi connectivity index (χ2n) is 15.9. The van der Waals surface area contributed by atoms with Crippen LogP contribution in [-0.2, 0) is 35.1 Å². The largest absolute Gasteiger partial charge is 0.497 e. The summed E-state index contributed by atoms with van der Waals surface area (Å²) in [4.78, 5) is 13.1. The smallest absolute Gasteiger partial charge is 0.220 e. The minimum absolute atomic E-state index is 0.107. The summed E-state index contributed by atoms with van der Waals surface area (Å²) in [5.74, 6) is -0.317. The number of fused-ring (bicyclic) bond motifs is 1. The summed E-state index contributed by atoms with van der Waals surface area (Å²) in [5.41, 5.74) is 7.08. The van der Waals surface area contributed by atoms with Crippen molar-refractivity contribution in [1.29, 1.82) is 0 Å². The molecule has 2 aliphatic rings. The van der Waals surface area contributed by atoms with E-state index in [0.29, 0.717) is 12.8 Å².